The molecular weight excluding hydrogens is 184 g/mol. The van der Waals surface area contributed by atoms with Crippen molar-refractivity contribution in [2.24, 2.45) is 0 Å². The van der Waals surface area contributed by atoms with Crippen molar-refractivity contribution in [2.75, 3.05) is 0 Å². The first-order valence-corrected chi connectivity index (χ1v) is 4.84. The number of aryl methyl sites for hydroxylation is 1. The highest BCUT2D eigenvalue weighted by Crippen LogP contribution is 2.20. The summed E-state index contributed by atoms with van der Waals surface area (Å²) in [5.41, 5.74) is 2.28. The van der Waals surface area contributed by atoms with Crippen LogP contribution in [0.3, 0.4) is 0 Å². The van der Waals surface area contributed by atoms with Gasteiger partial charge in [-0.2, -0.15) is 0 Å². The summed E-state index contributed by atoms with van der Waals surface area (Å²) in [5, 5.41) is 0.792. The van der Waals surface area contributed by atoms with E-state index in [1.165, 1.54) is 5.56 Å². The Bertz CT molecular complexity index is 261. The van der Waals surface area contributed by atoms with Gasteiger partial charge in [-0.15, -0.1) is 0 Å². The van der Waals surface area contributed by atoms with Gasteiger partial charge in [0, 0.05) is 5.02 Å². The molecule has 0 aliphatic heterocycles. The topological polar surface area (TPSA) is 9.23 Å². The SMILES string of the molecule is Cc1cccc(Cl)c1COC(C)C. The van der Waals surface area contributed by atoms with E-state index in [2.05, 4.69) is 0 Å². The van der Waals surface area contributed by atoms with Crippen LogP contribution in [-0.4, -0.2) is 6.10 Å². The Morgan fingerprint density at radius 2 is 2.08 bits per heavy atom. The molecule has 72 valence electrons. The number of hydrogen-bond acceptors (Lipinski definition) is 1. The first kappa shape index (κ1) is 10.6. The maximum Gasteiger partial charge on any atom is 0.0737 e. The molecule has 13 heavy (non-hydrogen) atoms. The lowest BCUT2D eigenvalue weighted by Gasteiger charge is -2.11. The Labute approximate surface area is 84.7 Å². The second-order valence-corrected chi connectivity index (χ2v) is 3.80. The van der Waals surface area contributed by atoms with Gasteiger partial charge in [0.25, 0.3) is 0 Å². The minimum atomic E-state index is 0.246. The van der Waals surface area contributed by atoms with Crippen LogP contribution >= 0.6 is 11.6 Å². The van der Waals surface area contributed by atoms with E-state index in [-0.39, 0.29) is 6.10 Å². The summed E-state index contributed by atoms with van der Waals surface area (Å²) in [4.78, 5) is 0. The van der Waals surface area contributed by atoms with Crippen molar-refractivity contribution in [1.29, 1.82) is 0 Å². The van der Waals surface area contributed by atoms with Crippen molar-refractivity contribution in [3.8, 4) is 0 Å². The molecule has 1 aromatic rings. The molecule has 0 fully saturated rings. The maximum atomic E-state index is 6.03. The lowest BCUT2D eigenvalue weighted by atomic mass is 10.1. The van der Waals surface area contributed by atoms with Crippen molar-refractivity contribution in [1.82, 2.24) is 0 Å². The summed E-state index contributed by atoms with van der Waals surface area (Å²) in [5.74, 6) is 0. The fourth-order valence-corrected chi connectivity index (χ4v) is 1.38. The Hall–Kier alpha value is -0.530. The molecule has 0 spiro atoms. The third kappa shape index (κ3) is 3.02. The van der Waals surface area contributed by atoms with Crippen LogP contribution in [0.4, 0.5) is 0 Å². The highest BCUT2D eigenvalue weighted by molar-refractivity contribution is 6.31. The predicted molar refractivity (Wildman–Crippen MR) is 56.1 cm³/mol. The number of ether oxygens (including phenoxy) is 1. The van der Waals surface area contributed by atoms with E-state index >= 15 is 0 Å². The molecule has 1 nitrogen and oxygen atoms in total. The summed E-state index contributed by atoms with van der Waals surface area (Å²) in [7, 11) is 0. The molecule has 2 heteroatoms. The first-order valence-electron chi connectivity index (χ1n) is 4.47. The third-order valence-corrected chi connectivity index (χ3v) is 2.27. The predicted octanol–water partition coefficient (Wildman–Crippen LogP) is 3.57. The van der Waals surface area contributed by atoms with Gasteiger partial charge in [0.1, 0.15) is 0 Å². The fourth-order valence-electron chi connectivity index (χ4n) is 1.10. The Kier molecular flexibility index (Phi) is 3.76. The van der Waals surface area contributed by atoms with Gasteiger partial charge in [-0.1, -0.05) is 23.7 Å². The lowest BCUT2D eigenvalue weighted by molar-refractivity contribution is 0.0654. The van der Waals surface area contributed by atoms with Crippen LogP contribution in [0.25, 0.3) is 0 Å². The lowest BCUT2D eigenvalue weighted by Crippen LogP contribution is -2.03. The first-order chi connectivity index (χ1) is 6.11. The van der Waals surface area contributed by atoms with Gasteiger partial charge in [0.2, 0.25) is 0 Å². The molecule has 0 saturated carbocycles. The van der Waals surface area contributed by atoms with Gasteiger partial charge in [-0.05, 0) is 38.0 Å². The van der Waals surface area contributed by atoms with Crippen LogP contribution in [0.1, 0.15) is 25.0 Å². The zero-order valence-electron chi connectivity index (χ0n) is 8.30. The molecule has 0 bridgehead atoms. The average molecular weight is 199 g/mol. The molecular formula is C11H15ClO. The van der Waals surface area contributed by atoms with E-state index in [4.69, 9.17) is 16.3 Å². The van der Waals surface area contributed by atoms with E-state index in [9.17, 15) is 0 Å². The quantitative estimate of drug-likeness (QED) is 0.722. The Morgan fingerprint density at radius 3 is 2.62 bits per heavy atom. The molecule has 0 saturated heterocycles. The van der Waals surface area contributed by atoms with Crippen LogP contribution in [-0.2, 0) is 11.3 Å². The molecule has 0 N–H and O–H groups in total. The van der Waals surface area contributed by atoms with Crippen LogP contribution in [0, 0.1) is 6.92 Å². The summed E-state index contributed by atoms with van der Waals surface area (Å²) < 4.78 is 5.51. The number of benzene rings is 1. The van der Waals surface area contributed by atoms with Gasteiger partial charge in [-0.25, -0.2) is 0 Å². The van der Waals surface area contributed by atoms with Gasteiger partial charge in [0.15, 0.2) is 0 Å². The van der Waals surface area contributed by atoms with Gasteiger partial charge in [0.05, 0.1) is 12.7 Å². The third-order valence-electron chi connectivity index (χ3n) is 1.91. The smallest absolute Gasteiger partial charge is 0.0737 e. The van der Waals surface area contributed by atoms with Crippen LogP contribution in [0.5, 0.6) is 0 Å². The molecule has 0 amide bonds. The fraction of sp³-hybridized carbons (Fsp3) is 0.455. The largest absolute Gasteiger partial charge is 0.374 e. The van der Waals surface area contributed by atoms with Crippen molar-refractivity contribution >= 4 is 11.6 Å². The summed E-state index contributed by atoms with van der Waals surface area (Å²) in [6.07, 6.45) is 0.246. The second kappa shape index (κ2) is 4.64. The van der Waals surface area contributed by atoms with Gasteiger partial charge in [-0.3, -0.25) is 0 Å². The van der Waals surface area contributed by atoms with Crippen molar-refractivity contribution in [3.63, 3.8) is 0 Å². The van der Waals surface area contributed by atoms with Gasteiger partial charge < -0.3 is 4.74 Å². The highest BCUT2D eigenvalue weighted by atomic mass is 35.5. The Balaban J connectivity index is 2.75. The molecule has 0 aromatic heterocycles. The molecule has 0 aliphatic rings. The Morgan fingerprint density at radius 1 is 1.38 bits per heavy atom. The van der Waals surface area contributed by atoms with E-state index in [1.807, 2.05) is 39.0 Å². The van der Waals surface area contributed by atoms with E-state index < -0.39 is 0 Å². The number of halogens is 1. The van der Waals surface area contributed by atoms with Crippen LogP contribution in [0.2, 0.25) is 5.02 Å². The van der Waals surface area contributed by atoms with Crippen molar-refractivity contribution in [3.05, 3.63) is 34.3 Å². The molecule has 0 unspecified atom stereocenters. The van der Waals surface area contributed by atoms with Crippen molar-refractivity contribution < 1.29 is 4.74 Å². The minimum Gasteiger partial charge on any atom is -0.374 e. The molecule has 0 heterocycles. The average Bonchev–Trinajstić information content (AvgIpc) is 2.03. The maximum absolute atomic E-state index is 6.03. The number of rotatable bonds is 3. The van der Waals surface area contributed by atoms with E-state index in [1.54, 1.807) is 0 Å². The second-order valence-electron chi connectivity index (χ2n) is 3.40. The molecule has 0 aliphatic carbocycles. The van der Waals surface area contributed by atoms with E-state index in [0.29, 0.717) is 6.61 Å². The molecule has 1 rings (SSSR count). The molecule has 1 aromatic carbocycles. The highest BCUT2D eigenvalue weighted by Gasteiger charge is 2.04. The molecule has 0 radical (unpaired) electrons. The van der Waals surface area contributed by atoms with Crippen LogP contribution in [0.15, 0.2) is 18.2 Å². The molecule has 0 atom stereocenters. The zero-order chi connectivity index (χ0) is 9.84. The normalized spacial score (nSPS) is 10.8. The van der Waals surface area contributed by atoms with Crippen LogP contribution < -0.4 is 0 Å². The monoisotopic (exact) mass is 198 g/mol. The summed E-state index contributed by atoms with van der Waals surface area (Å²) in [6, 6.07) is 5.90. The standard InChI is InChI=1S/C11H15ClO/c1-8(2)13-7-10-9(3)5-4-6-11(10)12/h4-6,8H,7H2,1-3H3. The van der Waals surface area contributed by atoms with Gasteiger partial charge >= 0.3 is 0 Å². The minimum absolute atomic E-state index is 0.246. The summed E-state index contributed by atoms with van der Waals surface area (Å²) >= 11 is 6.03. The van der Waals surface area contributed by atoms with Crippen molar-refractivity contribution in [2.45, 2.75) is 33.5 Å². The van der Waals surface area contributed by atoms with E-state index in [0.717, 1.165) is 10.6 Å². The number of hydrogen-bond donors (Lipinski definition) is 0. The zero-order valence-corrected chi connectivity index (χ0v) is 9.06. The summed E-state index contributed by atoms with van der Waals surface area (Å²) in [6.45, 7) is 6.69.